The van der Waals surface area contributed by atoms with Crippen molar-refractivity contribution in [1.82, 2.24) is 10.2 Å². The molecule has 0 aromatic heterocycles. The molecule has 0 aliphatic carbocycles. The Labute approximate surface area is 128 Å². The summed E-state index contributed by atoms with van der Waals surface area (Å²) in [7, 11) is 0. The van der Waals surface area contributed by atoms with E-state index < -0.39 is 12.1 Å². The van der Waals surface area contributed by atoms with Gasteiger partial charge in [0, 0.05) is 6.61 Å². The molecule has 3 unspecified atom stereocenters. The third-order valence-corrected chi connectivity index (χ3v) is 3.99. The lowest BCUT2D eigenvalue weighted by atomic mass is 9.94. The summed E-state index contributed by atoms with van der Waals surface area (Å²) in [4.78, 5) is 26.7. The molecule has 0 spiro atoms. The van der Waals surface area contributed by atoms with Crippen LogP contribution in [0.5, 0.6) is 0 Å². The fourth-order valence-corrected chi connectivity index (χ4v) is 2.77. The smallest absolute Gasteiger partial charge is 0.246 e. The number of nitrogens with zero attached hydrogens (tertiary/aromatic N) is 1. The van der Waals surface area contributed by atoms with E-state index in [0.29, 0.717) is 25.6 Å². The van der Waals surface area contributed by atoms with E-state index in [1.54, 1.807) is 11.8 Å². The van der Waals surface area contributed by atoms with Crippen molar-refractivity contribution in [1.29, 1.82) is 0 Å². The van der Waals surface area contributed by atoms with E-state index in [1.807, 2.05) is 6.92 Å². The van der Waals surface area contributed by atoms with Crippen molar-refractivity contribution in [3.05, 3.63) is 0 Å². The number of amides is 2. The molecule has 0 aromatic carbocycles. The van der Waals surface area contributed by atoms with E-state index in [-0.39, 0.29) is 23.8 Å². The fraction of sp³-hybridized carbons (Fsp3) is 0.875. The number of carbonyl (C=O) groups excluding carboxylic acids is 2. The number of piperazine rings is 1. The van der Waals surface area contributed by atoms with Crippen molar-refractivity contribution in [2.24, 2.45) is 11.8 Å². The predicted molar refractivity (Wildman–Crippen MR) is 82.8 cm³/mol. The van der Waals surface area contributed by atoms with Gasteiger partial charge in [-0.25, -0.2) is 0 Å². The second-order valence-electron chi connectivity index (χ2n) is 6.58. The number of carbonyl (C=O) groups is 2. The molecule has 0 bridgehead atoms. The molecule has 1 heterocycles. The number of nitrogens with one attached hydrogen (secondary N) is 1. The molecule has 1 rings (SSSR count). The lowest BCUT2D eigenvalue weighted by molar-refractivity contribution is -0.154. The average molecular weight is 298 g/mol. The van der Waals surface area contributed by atoms with Gasteiger partial charge in [-0.2, -0.15) is 0 Å². The van der Waals surface area contributed by atoms with Crippen LogP contribution in [0.3, 0.4) is 0 Å². The maximum Gasteiger partial charge on any atom is 0.246 e. The molecule has 1 saturated heterocycles. The highest BCUT2D eigenvalue weighted by molar-refractivity contribution is 5.96. The second-order valence-corrected chi connectivity index (χ2v) is 6.58. The minimum absolute atomic E-state index is 0.0224. The standard InChI is InChI=1S/C16H30N2O3/c1-7-21-9-14(11(4)5)18-12(6)15(19)17-13(16(18)20)8-10(2)3/h10-14H,7-9H2,1-6H3,(H,17,19). The average Bonchev–Trinajstić information content (AvgIpc) is 2.38. The van der Waals surface area contributed by atoms with Crippen LogP contribution in [0.1, 0.15) is 48.0 Å². The zero-order valence-electron chi connectivity index (χ0n) is 14.2. The summed E-state index contributed by atoms with van der Waals surface area (Å²) in [6.45, 7) is 13.1. The van der Waals surface area contributed by atoms with E-state index in [4.69, 9.17) is 4.74 Å². The molecular formula is C16H30N2O3. The summed E-state index contributed by atoms with van der Waals surface area (Å²) >= 11 is 0. The molecular weight excluding hydrogens is 268 g/mol. The van der Waals surface area contributed by atoms with Crippen LogP contribution >= 0.6 is 0 Å². The minimum Gasteiger partial charge on any atom is -0.380 e. The molecule has 1 aliphatic heterocycles. The van der Waals surface area contributed by atoms with E-state index in [0.717, 1.165) is 0 Å². The lowest BCUT2D eigenvalue weighted by Crippen LogP contribution is -2.66. The van der Waals surface area contributed by atoms with Gasteiger partial charge in [0.15, 0.2) is 0 Å². The van der Waals surface area contributed by atoms with Gasteiger partial charge in [-0.3, -0.25) is 9.59 Å². The Bertz CT molecular complexity index is 369. The minimum atomic E-state index is -0.436. The van der Waals surface area contributed by atoms with Crippen molar-refractivity contribution in [2.45, 2.75) is 66.1 Å². The van der Waals surface area contributed by atoms with Gasteiger partial charge in [-0.15, -0.1) is 0 Å². The zero-order chi connectivity index (χ0) is 16.2. The monoisotopic (exact) mass is 298 g/mol. The molecule has 0 radical (unpaired) electrons. The van der Waals surface area contributed by atoms with Crippen LogP contribution in [0.4, 0.5) is 0 Å². The first-order valence-corrected chi connectivity index (χ1v) is 7.99. The molecule has 1 N–H and O–H groups in total. The SMILES string of the molecule is CCOCC(C(C)C)N1C(=O)C(CC(C)C)NC(=O)C1C. The Morgan fingerprint density at radius 2 is 1.86 bits per heavy atom. The van der Waals surface area contributed by atoms with Crippen LogP contribution in [0, 0.1) is 11.8 Å². The van der Waals surface area contributed by atoms with Gasteiger partial charge in [0.1, 0.15) is 12.1 Å². The van der Waals surface area contributed by atoms with Crippen molar-refractivity contribution >= 4 is 11.8 Å². The van der Waals surface area contributed by atoms with Crippen molar-refractivity contribution in [3.8, 4) is 0 Å². The van der Waals surface area contributed by atoms with E-state index in [9.17, 15) is 9.59 Å². The summed E-state index contributed by atoms with van der Waals surface area (Å²) < 4.78 is 5.53. The van der Waals surface area contributed by atoms with Crippen LogP contribution in [-0.2, 0) is 14.3 Å². The largest absolute Gasteiger partial charge is 0.380 e. The van der Waals surface area contributed by atoms with Gasteiger partial charge in [0.25, 0.3) is 0 Å². The quantitative estimate of drug-likeness (QED) is 0.780. The van der Waals surface area contributed by atoms with Crippen molar-refractivity contribution in [2.75, 3.05) is 13.2 Å². The normalized spacial score (nSPS) is 24.7. The topological polar surface area (TPSA) is 58.6 Å². The third-order valence-electron chi connectivity index (χ3n) is 3.99. The molecule has 1 aliphatic rings. The maximum atomic E-state index is 12.8. The van der Waals surface area contributed by atoms with Crippen LogP contribution < -0.4 is 5.32 Å². The van der Waals surface area contributed by atoms with E-state index in [1.165, 1.54) is 0 Å². The molecule has 122 valence electrons. The summed E-state index contributed by atoms with van der Waals surface area (Å²) in [5, 5.41) is 2.86. The van der Waals surface area contributed by atoms with Gasteiger partial charge in [-0.1, -0.05) is 27.7 Å². The number of hydrogen-bond acceptors (Lipinski definition) is 3. The number of ether oxygens (including phenoxy) is 1. The second kappa shape index (κ2) is 7.78. The molecule has 0 aromatic rings. The first kappa shape index (κ1) is 18.0. The van der Waals surface area contributed by atoms with Crippen LogP contribution in [0.25, 0.3) is 0 Å². The van der Waals surface area contributed by atoms with Gasteiger partial charge >= 0.3 is 0 Å². The Hall–Kier alpha value is -1.10. The van der Waals surface area contributed by atoms with Gasteiger partial charge in [0.05, 0.1) is 12.6 Å². The zero-order valence-corrected chi connectivity index (χ0v) is 14.2. The number of rotatable bonds is 7. The third kappa shape index (κ3) is 4.43. The first-order chi connectivity index (χ1) is 9.79. The first-order valence-electron chi connectivity index (χ1n) is 7.99. The molecule has 21 heavy (non-hydrogen) atoms. The van der Waals surface area contributed by atoms with Gasteiger partial charge in [0.2, 0.25) is 11.8 Å². The van der Waals surface area contributed by atoms with Crippen LogP contribution in [0.15, 0.2) is 0 Å². The highest BCUT2D eigenvalue weighted by atomic mass is 16.5. The van der Waals surface area contributed by atoms with Crippen LogP contribution in [0.2, 0.25) is 0 Å². The highest BCUT2D eigenvalue weighted by Gasteiger charge is 2.42. The van der Waals surface area contributed by atoms with Crippen LogP contribution in [-0.4, -0.2) is 48.1 Å². The number of hydrogen-bond donors (Lipinski definition) is 1. The predicted octanol–water partition coefficient (Wildman–Crippen LogP) is 1.81. The Morgan fingerprint density at radius 1 is 1.24 bits per heavy atom. The summed E-state index contributed by atoms with van der Waals surface area (Å²) in [6.07, 6.45) is 0.674. The molecule has 5 nitrogen and oxygen atoms in total. The summed E-state index contributed by atoms with van der Waals surface area (Å²) in [6, 6.07) is -0.904. The molecule has 2 amide bonds. The Morgan fingerprint density at radius 3 is 2.33 bits per heavy atom. The van der Waals surface area contributed by atoms with Gasteiger partial charge in [-0.05, 0) is 32.1 Å². The fourth-order valence-electron chi connectivity index (χ4n) is 2.77. The molecule has 5 heteroatoms. The molecule has 3 atom stereocenters. The van der Waals surface area contributed by atoms with E-state index >= 15 is 0 Å². The Kier molecular flexibility index (Phi) is 6.65. The lowest BCUT2D eigenvalue weighted by Gasteiger charge is -2.43. The molecule has 0 saturated carbocycles. The Balaban J connectivity index is 2.97. The summed E-state index contributed by atoms with van der Waals surface area (Å²) in [5.74, 6) is 0.559. The van der Waals surface area contributed by atoms with Gasteiger partial charge < -0.3 is 15.0 Å². The van der Waals surface area contributed by atoms with Crippen molar-refractivity contribution in [3.63, 3.8) is 0 Å². The van der Waals surface area contributed by atoms with Crippen molar-refractivity contribution < 1.29 is 14.3 Å². The highest BCUT2D eigenvalue weighted by Crippen LogP contribution is 2.22. The summed E-state index contributed by atoms with van der Waals surface area (Å²) in [5.41, 5.74) is 0. The molecule has 1 fully saturated rings. The van der Waals surface area contributed by atoms with E-state index in [2.05, 4.69) is 33.0 Å². The maximum absolute atomic E-state index is 12.8.